The van der Waals surface area contributed by atoms with Crippen LogP contribution in [0.5, 0.6) is 0 Å². The van der Waals surface area contributed by atoms with Crippen LogP contribution in [0, 0.1) is 11.3 Å². The topological polar surface area (TPSA) is 87.8 Å². The van der Waals surface area contributed by atoms with Crippen LogP contribution in [0.1, 0.15) is 12.5 Å². The third-order valence-electron chi connectivity index (χ3n) is 2.73. The van der Waals surface area contributed by atoms with Crippen molar-refractivity contribution < 1.29 is 8.42 Å². The van der Waals surface area contributed by atoms with Gasteiger partial charge in [-0.2, -0.15) is 10.4 Å². The number of hydrogen-bond acceptors (Lipinski definition) is 4. The van der Waals surface area contributed by atoms with Crippen LogP contribution < -0.4 is 4.72 Å². The van der Waals surface area contributed by atoms with Gasteiger partial charge in [0, 0.05) is 18.4 Å². The van der Waals surface area contributed by atoms with E-state index in [2.05, 4.69) is 9.82 Å². The van der Waals surface area contributed by atoms with Gasteiger partial charge in [0.15, 0.2) is 0 Å². The van der Waals surface area contributed by atoms with Gasteiger partial charge >= 0.3 is 0 Å². The van der Waals surface area contributed by atoms with Gasteiger partial charge in [-0.1, -0.05) is 11.6 Å². The molecule has 1 heterocycles. The van der Waals surface area contributed by atoms with Gasteiger partial charge in [-0.15, -0.1) is 0 Å². The van der Waals surface area contributed by atoms with Crippen molar-refractivity contribution in [2.45, 2.75) is 24.4 Å². The molecule has 0 aliphatic carbocycles. The maximum atomic E-state index is 12.3. The van der Waals surface area contributed by atoms with Crippen molar-refractivity contribution in [2.75, 3.05) is 0 Å². The quantitative estimate of drug-likeness (QED) is 0.908. The zero-order chi connectivity index (χ0) is 15.5. The fraction of sp³-hybridized carbons (Fsp3) is 0.231. The fourth-order valence-corrected chi connectivity index (χ4v) is 3.62. The van der Waals surface area contributed by atoms with E-state index in [1.165, 1.54) is 18.2 Å². The number of nitrogens with zero attached hydrogens (tertiary/aromatic N) is 3. The normalized spacial score (nSPS) is 12.8. The van der Waals surface area contributed by atoms with Gasteiger partial charge in [-0.25, -0.2) is 13.1 Å². The highest BCUT2D eigenvalue weighted by Gasteiger charge is 2.20. The van der Waals surface area contributed by atoms with Gasteiger partial charge < -0.3 is 0 Å². The molecule has 0 spiro atoms. The van der Waals surface area contributed by atoms with Crippen molar-refractivity contribution in [1.29, 1.82) is 5.26 Å². The number of nitriles is 1. The Balaban J connectivity index is 2.16. The smallest absolute Gasteiger partial charge is 0.242 e. The van der Waals surface area contributed by atoms with Crippen molar-refractivity contribution >= 4 is 21.6 Å². The van der Waals surface area contributed by atoms with Crippen molar-refractivity contribution in [3.8, 4) is 6.07 Å². The van der Waals surface area contributed by atoms with Crippen molar-refractivity contribution in [2.24, 2.45) is 0 Å². The molecule has 0 bridgehead atoms. The Kier molecular flexibility index (Phi) is 4.63. The molecule has 0 saturated heterocycles. The van der Waals surface area contributed by atoms with Gasteiger partial charge in [0.25, 0.3) is 0 Å². The molecule has 0 saturated carbocycles. The van der Waals surface area contributed by atoms with Gasteiger partial charge in [0.05, 0.1) is 23.2 Å². The first-order chi connectivity index (χ1) is 9.92. The zero-order valence-electron chi connectivity index (χ0n) is 11.2. The lowest BCUT2D eigenvalue weighted by molar-refractivity contribution is 0.494. The van der Waals surface area contributed by atoms with Crippen LogP contribution in [-0.4, -0.2) is 24.2 Å². The molecular formula is C13H13ClN4O2S. The molecule has 1 aromatic heterocycles. The summed E-state index contributed by atoms with van der Waals surface area (Å²) in [5, 5.41) is 12.8. The minimum atomic E-state index is -3.75. The first-order valence-electron chi connectivity index (χ1n) is 6.12. The Morgan fingerprint density at radius 3 is 2.86 bits per heavy atom. The first kappa shape index (κ1) is 15.5. The maximum Gasteiger partial charge on any atom is 0.242 e. The van der Waals surface area contributed by atoms with E-state index in [9.17, 15) is 8.42 Å². The predicted molar refractivity (Wildman–Crippen MR) is 78.2 cm³/mol. The van der Waals surface area contributed by atoms with Crippen LogP contribution in [0.25, 0.3) is 0 Å². The van der Waals surface area contributed by atoms with Crippen LogP contribution in [0.3, 0.4) is 0 Å². The summed E-state index contributed by atoms with van der Waals surface area (Å²) in [5.74, 6) is 0. The van der Waals surface area contributed by atoms with E-state index in [1.807, 2.05) is 6.07 Å². The Morgan fingerprint density at radius 1 is 1.52 bits per heavy atom. The average molecular weight is 325 g/mol. The highest BCUT2D eigenvalue weighted by molar-refractivity contribution is 7.89. The van der Waals surface area contributed by atoms with Crippen molar-refractivity contribution in [3.05, 3.63) is 47.2 Å². The van der Waals surface area contributed by atoms with E-state index in [1.54, 1.807) is 30.1 Å². The summed E-state index contributed by atoms with van der Waals surface area (Å²) >= 11 is 5.93. The molecule has 21 heavy (non-hydrogen) atoms. The van der Waals surface area contributed by atoms with Crippen LogP contribution in [0.15, 0.2) is 41.6 Å². The van der Waals surface area contributed by atoms with Gasteiger partial charge in [-0.3, -0.25) is 4.68 Å². The molecule has 0 aliphatic rings. The van der Waals surface area contributed by atoms with E-state index in [-0.39, 0.29) is 16.0 Å². The highest BCUT2D eigenvalue weighted by Crippen LogP contribution is 2.22. The lowest BCUT2D eigenvalue weighted by Gasteiger charge is -2.15. The maximum absolute atomic E-state index is 12.3. The molecule has 0 fully saturated rings. The molecule has 0 amide bonds. The Labute approximate surface area is 128 Å². The molecule has 1 unspecified atom stereocenters. The Morgan fingerprint density at radius 2 is 2.29 bits per heavy atom. The molecule has 6 nitrogen and oxygen atoms in total. The molecule has 110 valence electrons. The molecule has 1 aromatic carbocycles. The van der Waals surface area contributed by atoms with Crippen LogP contribution in [0.4, 0.5) is 0 Å². The van der Waals surface area contributed by atoms with E-state index in [0.717, 1.165) is 0 Å². The van der Waals surface area contributed by atoms with Gasteiger partial charge in [0.1, 0.15) is 4.90 Å². The minimum Gasteiger partial charge on any atom is -0.271 e. The summed E-state index contributed by atoms with van der Waals surface area (Å²) in [6, 6.07) is 7.37. The monoisotopic (exact) mass is 324 g/mol. The summed E-state index contributed by atoms with van der Waals surface area (Å²) in [5.41, 5.74) is 0.309. The third-order valence-corrected chi connectivity index (χ3v) is 4.80. The molecule has 1 atom stereocenters. The van der Waals surface area contributed by atoms with Gasteiger partial charge in [0.2, 0.25) is 10.0 Å². The first-order valence-corrected chi connectivity index (χ1v) is 7.98. The Hall–Kier alpha value is -1.88. The molecular weight excluding hydrogens is 312 g/mol. The summed E-state index contributed by atoms with van der Waals surface area (Å²) < 4.78 is 28.7. The fourth-order valence-electron chi connectivity index (χ4n) is 1.84. The Bertz CT molecular complexity index is 766. The molecule has 1 N–H and O–H groups in total. The number of benzene rings is 1. The van der Waals surface area contributed by atoms with Crippen LogP contribution >= 0.6 is 11.6 Å². The second-order valence-electron chi connectivity index (χ2n) is 4.51. The lowest BCUT2D eigenvalue weighted by Crippen LogP contribution is -2.35. The number of hydrogen-bond donors (Lipinski definition) is 1. The molecule has 2 aromatic rings. The van der Waals surface area contributed by atoms with Crippen molar-refractivity contribution in [1.82, 2.24) is 14.5 Å². The SMILES string of the molecule is CC(Cn1cccn1)NS(=O)(=O)c1ccc(C#N)cc1Cl. The second kappa shape index (κ2) is 6.26. The number of aromatic nitrogens is 2. The number of nitrogens with one attached hydrogen (secondary N) is 1. The van der Waals surface area contributed by atoms with E-state index in [0.29, 0.717) is 12.1 Å². The van der Waals surface area contributed by atoms with E-state index in [4.69, 9.17) is 16.9 Å². The summed E-state index contributed by atoms with van der Waals surface area (Å²) in [4.78, 5) is -0.0459. The summed E-state index contributed by atoms with van der Waals surface area (Å²) in [7, 11) is -3.75. The molecule has 0 radical (unpaired) electrons. The van der Waals surface area contributed by atoms with Crippen LogP contribution in [0.2, 0.25) is 5.02 Å². The molecule has 8 heteroatoms. The number of rotatable bonds is 5. The lowest BCUT2D eigenvalue weighted by atomic mass is 10.2. The minimum absolute atomic E-state index is 0.0211. The van der Waals surface area contributed by atoms with Gasteiger partial charge in [-0.05, 0) is 31.2 Å². The predicted octanol–water partition coefficient (Wildman–Crippen LogP) is 1.78. The zero-order valence-corrected chi connectivity index (χ0v) is 12.8. The molecule has 0 aliphatic heterocycles. The third kappa shape index (κ3) is 3.82. The van der Waals surface area contributed by atoms with Crippen molar-refractivity contribution in [3.63, 3.8) is 0 Å². The second-order valence-corrected chi connectivity index (χ2v) is 6.60. The number of sulfonamides is 1. The van der Waals surface area contributed by atoms with E-state index >= 15 is 0 Å². The molecule has 2 rings (SSSR count). The number of halogens is 1. The standard InChI is InChI=1S/C13H13ClN4O2S/c1-10(9-18-6-2-5-16-18)17-21(19,20)13-4-3-11(8-15)7-12(13)14/h2-7,10,17H,9H2,1H3. The average Bonchev–Trinajstić information content (AvgIpc) is 2.90. The summed E-state index contributed by atoms with van der Waals surface area (Å²) in [6.07, 6.45) is 3.37. The van der Waals surface area contributed by atoms with E-state index < -0.39 is 10.0 Å². The summed E-state index contributed by atoms with van der Waals surface area (Å²) in [6.45, 7) is 2.14. The largest absolute Gasteiger partial charge is 0.271 e. The van der Waals surface area contributed by atoms with Crippen LogP contribution in [-0.2, 0) is 16.6 Å². The highest BCUT2D eigenvalue weighted by atomic mass is 35.5.